The zero-order valence-electron chi connectivity index (χ0n) is 10.00. The van der Waals surface area contributed by atoms with Crippen molar-refractivity contribution in [2.45, 2.75) is 30.6 Å². The quantitative estimate of drug-likeness (QED) is 0.866. The molecule has 1 aliphatic carbocycles. The summed E-state index contributed by atoms with van der Waals surface area (Å²) in [7, 11) is -2.49. The molecule has 1 saturated carbocycles. The van der Waals surface area contributed by atoms with Gasteiger partial charge in [0.05, 0.1) is 12.8 Å². The van der Waals surface area contributed by atoms with E-state index in [0.717, 1.165) is 4.31 Å². The second kappa shape index (κ2) is 4.40. The number of aliphatic carboxylic acids is 1. The minimum absolute atomic E-state index is 0.0460. The maximum Gasteiger partial charge on any atom is 0.326 e. The molecular formula is C11H15NO5S. The van der Waals surface area contributed by atoms with Crippen molar-refractivity contribution < 1.29 is 22.7 Å². The van der Waals surface area contributed by atoms with Gasteiger partial charge in [-0.05, 0) is 31.4 Å². The average molecular weight is 273 g/mol. The molecule has 1 aliphatic rings. The number of furan rings is 1. The van der Waals surface area contributed by atoms with Gasteiger partial charge in [-0.25, -0.2) is 8.42 Å². The second-order valence-corrected chi connectivity index (χ2v) is 6.85. The van der Waals surface area contributed by atoms with Crippen LogP contribution in [0.3, 0.4) is 0 Å². The summed E-state index contributed by atoms with van der Waals surface area (Å²) in [6.07, 6.45) is 2.42. The van der Waals surface area contributed by atoms with Crippen LogP contribution in [-0.2, 0) is 21.4 Å². The third-order valence-corrected chi connectivity index (χ3v) is 5.93. The van der Waals surface area contributed by atoms with E-state index in [2.05, 4.69) is 0 Å². The number of carboxylic acids is 1. The molecule has 0 bridgehead atoms. The molecule has 1 aromatic rings. The van der Waals surface area contributed by atoms with Crippen LogP contribution in [0, 0.1) is 0 Å². The molecule has 2 rings (SSSR count). The first-order valence-electron chi connectivity index (χ1n) is 5.62. The predicted molar refractivity (Wildman–Crippen MR) is 63.3 cm³/mol. The zero-order chi connectivity index (χ0) is 13.4. The standard InChI is InChI=1S/C11H15NO5S/c1-12(8-9-4-2-7-17-9)18(15,16)11(10(13)14)5-3-6-11/h2,4,7H,3,5-6,8H2,1H3,(H,13,14). The van der Waals surface area contributed by atoms with Crippen molar-refractivity contribution in [3.05, 3.63) is 24.2 Å². The molecule has 0 atom stereocenters. The fourth-order valence-corrected chi connectivity index (χ4v) is 4.00. The van der Waals surface area contributed by atoms with Gasteiger partial charge in [0.1, 0.15) is 5.76 Å². The van der Waals surface area contributed by atoms with E-state index in [9.17, 15) is 13.2 Å². The van der Waals surface area contributed by atoms with Crippen molar-refractivity contribution in [2.75, 3.05) is 7.05 Å². The maximum atomic E-state index is 12.3. The Hall–Kier alpha value is -1.34. The van der Waals surface area contributed by atoms with Crippen LogP contribution in [0.4, 0.5) is 0 Å². The van der Waals surface area contributed by atoms with Crippen molar-refractivity contribution in [2.24, 2.45) is 0 Å². The number of hydrogen-bond acceptors (Lipinski definition) is 4. The van der Waals surface area contributed by atoms with Gasteiger partial charge in [0.15, 0.2) is 4.75 Å². The molecule has 100 valence electrons. The molecule has 0 spiro atoms. The Balaban J connectivity index is 2.23. The van der Waals surface area contributed by atoms with Crippen molar-refractivity contribution in [3.63, 3.8) is 0 Å². The number of carbonyl (C=O) groups is 1. The van der Waals surface area contributed by atoms with Crippen molar-refractivity contribution in [1.82, 2.24) is 4.31 Å². The van der Waals surface area contributed by atoms with E-state index in [-0.39, 0.29) is 19.4 Å². The minimum atomic E-state index is -3.87. The van der Waals surface area contributed by atoms with Crippen molar-refractivity contribution >= 4 is 16.0 Å². The van der Waals surface area contributed by atoms with Gasteiger partial charge in [-0.2, -0.15) is 4.31 Å². The van der Waals surface area contributed by atoms with Gasteiger partial charge in [0.2, 0.25) is 10.0 Å². The molecule has 0 aliphatic heterocycles. The van der Waals surface area contributed by atoms with E-state index in [0.29, 0.717) is 12.2 Å². The molecule has 1 heterocycles. The van der Waals surface area contributed by atoms with Crippen LogP contribution < -0.4 is 0 Å². The largest absolute Gasteiger partial charge is 0.480 e. The van der Waals surface area contributed by atoms with E-state index in [1.807, 2.05) is 0 Å². The Morgan fingerprint density at radius 1 is 1.56 bits per heavy atom. The zero-order valence-corrected chi connectivity index (χ0v) is 10.8. The highest BCUT2D eigenvalue weighted by molar-refractivity contribution is 7.91. The number of carboxylic acid groups (broad SMARTS) is 1. The number of sulfonamides is 1. The Labute approximate surface area is 105 Å². The first kappa shape index (κ1) is 13.1. The summed E-state index contributed by atoms with van der Waals surface area (Å²) in [4.78, 5) is 11.2. The summed E-state index contributed by atoms with van der Waals surface area (Å²) >= 11 is 0. The van der Waals surface area contributed by atoms with E-state index in [1.54, 1.807) is 12.1 Å². The maximum absolute atomic E-state index is 12.3. The highest BCUT2D eigenvalue weighted by atomic mass is 32.2. The summed E-state index contributed by atoms with van der Waals surface area (Å²) < 4.78 is 29.1. The van der Waals surface area contributed by atoms with E-state index < -0.39 is 20.7 Å². The lowest BCUT2D eigenvalue weighted by Gasteiger charge is -2.39. The topological polar surface area (TPSA) is 87.8 Å². The third kappa shape index (κ3) is 1.83. The Morgan fingerprint density at radius 3 is 2.61 bits per heavy atom. The molecule has 1 aromatic heterocycles. The van der Waals surface area contributed by atoms with E-state index >= 15 is 0 Å². The van der Waals surface area contributed by atoms with Gasteiger partial charge in [0.25, 0.3) is 0 Å². The molecule has 0 saturated heterocycles. The lowest BCUT2D eigenvalue weighted by atomic mass is 9.84. The number of hydrogen-bond donors (Lipinski definition) is 1. The monoisotopic (exact) mass is 273 g/mol. The first-order chi connectivity index (χ1) is 8.40. The normalized spacial score (nSPS) is 18.6. The van der Waals surface area contributed by atoms with E-state index in [4.69, 9.17) is 9.52 Å². The lowest BCUT2D eigenvalue weighted by molar-refractivity contribution is -0.142. The molecule has 0 unspecified atom stereocenters. The van der Waals surface area contributed by atoms with Crippen LogP contribution in [0.5, 0.6) is 0 Å². The van der Waals surface area contributed by atoms with Gasteiger partial charge < -0.3 is 9.52 Å². The molecule has 0 radical (unpaired) electrons. The SMILES string of the molecule is CN(Cc1ccco1)S(=O)(=O)C1(C(=O)O)CCC1. The van der Waals surface area contributed by atoms with Crippen molar-refractivity contribution in [3.8, 4) is 0 Å². The van der Waals surface area contributed by atoms with Crippen LogP contribution in [0.1, 0.15) is 25.0 Å². The lowest BCUT2D eigenvalue weighted by Crippen LogP contribution is -2.56. The summed E-state index contributed by atoms with van der Waals surface area (Å²) in [6.45, 7) is 0.0460. The van der Waals surface area contributed by atoms with E-state index in [1.165, 1.54) is 13.3 Å². The van der Waals surface area contributed by atoms with Crippen LogP contribution in [0.2, 0.25) is 0 Å². The smallest absolute Gasteiger partial charge is 0.326 e. The van der Waals surface area contributed by atoms with Crippen LogP contribution in [0.25, 0.3) is 0 Å². The van der Waals surface area contributed by atoms with Gasteiger partial charge in [-0.1, -0.05) is 0 Å². The molecule has 0 amide bonds. The summed E-state index contributed by atoms with van der Waals surface area (Å²) in [5.41, 5.74) is 0. The molecule has 1 N–H and O–H groups in total. The minimum Gasteiger partial charge on any atom is -0.480 e. The molecule has 7 heteroatoms. The molecule has 1 fully saturated rings. The molecule has 18 heavy (non-hydrogen) atoms. The highest BCUT2D eigenvalue weighted by Crippen LogP contribution is 2.41. The van der Waals surface area contributed by atoms with Crippen LogP contribution >= 0.6 is 0 Å². The number of rotatable bonds is 5. The Kier molecular flexibility index (Phi) is 3.20. The summed E-state index contributed by atoms with van der Waals surface area (Å²) in [5, 5.41) is 9.17. The van der Waals surface area contributed by atoms with Gasteiger partial charge >= 0.3 is 5.97 Å². The van der Waals surface area contributed by atoms with Gasteiger partial charge in [-0.3, -0.25) is 4.79 Å². The average Bonchev–Trinajstić information content (AvgIpc) is 2.66. The number of nitrogens with zero attached hydrogens (tertiary/aromatic N) is 1. The molecule has 6 nitrogen and oxygen atoms in total. The van der Waals surface area contributed by atoms with Gasteiger partial charge in [-0.15, -0.1) is 0 Å². The Morgan fingerprint density at radius 2 is 2.22 bits per heavy atom. The first-order valence-corrected chi connectivity index (χ1v) is 7.06. The second-order valence-electron chi connectivity index (χ2n) is 4.49. The highest BCUT2D eigenvalue weighted by Gasteiger charge is 2.57. The Bertz CT molecular complexity index is 530. The fourth-order valence-electron chi connectivity index (χ4n) is 2.09. The van der Waals surface area contributed by atoms with Crippen LogP contribution in [-0.4, -0.2) is 35.6 Å². The summed E-state index contributed by atoms with van der Waals surface area (Å²) in [5.74, 6) is -0.777. The van der Waals surface area contributed by atoms with Gasteiger partial charge in [0, 0.05) is 7.05 Å². The summed E-state index contributed by atoms with van der Waals surface area (Å²) in [6, 6.07) is 3.31. The van der Waals surface area contributed by atoms with Crippen LogP contribution in [0.15, 0.2) is 22.8 Å². The molecular weight excluding hydrogens is 258 g/mol. The molecule has 0 aromatic carbocycles. The fraction of sp³-hybridized carbons (Fsp3) is 0.545. The van der Waals surface area contributed by atoms with Crippen molar-refractivity contribution in [1.29, 1.82) is 0 Å². The predicted octanol–water partition coefficient (Wildman–Crippen LogP) is 1.05. The third-order valence-electron chi connectivity index (χ3n) is 3.41.